The van der Waals surface area contributed by atoms with Crippen LogP contribution in [0.25, 0.3) is 0 Å². The summed E-state index contributed by atoms with van der Waals surface area (Å²) in [6.45, 7) is 0. The van der Waals surface area contributed by atoms with E-state index in [2.05, 4.69) is 12.1 Å². The molecule has 0 aliphatic rings. The summed E-state index contributed by atoms with van der Waals surface area (Å²) >= 11 is 0.285. The Kier molecular flexibility index (Phi) is 3.97. The number of benzene rings is 2. The topological polar surface area (TPSA) is 37.3 Å². The summed E-state index contributed by atoms with van der Waals surface area (Å²) in [4.78, 5) is 11.0. The third-order valence-electron chi connectivity index (χ3n) is 2.39. The minimum absolute atomic E-state index is 0.285. The summed E-state index contributed by atoms with van der Waals surface area (Å²) in [6, 6.07) is 17.4. The van der Waals surface area contributed by atoms with Gasteiger partial charge in [-0.1, -0.05) is 0 Å². The normalized spacial score (nSPS) is 10.1. The van der Waals surface area contributed by atoms with Crippen molar-refractivity contribution in [1.82, 2.24) is 0 Å². The molecule has 0 amide bonds. The van der Waals surface area contributed by atoms with Crippen LogP contribution in [-0.2, 0) is 5.32 Å². The van der Waals surface area contributed by atoms with Crippen molar-refractivity contribution in [2.24, 2.45) is 0 Å². The van der Waals surface area contributed by atoms with Gasteiger partial charge in [-0.05, 0) is 0 Å². The summed E-state index contributed by atoms with van der Waals surface area (Å²) in [5.74, 6) is -0.843. The fraction of sp³-hybridized carbons (Fsp3) is 0.0714. The molecule has 1 N–H and O–H groups in total. The Morgan fingerprint density at radius 2 is 1.65 bits per heavy atom. The van der Waals surface area contributed by atoms with E-state index in [9.17, 15) is 4.79 Å². The van der Waals surface area contributed by atoms with Crippen LogP contribution in [0.4, 0.5) is 0 Å². The van der Waals surface area contributed by atoms with Crippen molar-refractivity contribution < 1.29 is 9.90 Å². The molecular formula is C14H12O2Se. The van der Waals surface area contributed by atoms with Gasteiger partial charge in [-0.2, -0.15) is 0 Å². The van der Waals surface area contributed by atoms with E-state index in [4.69, 9.17) is 5.11 Å². The van der Waals surface area contributed by atoms with E-state index in [0.717, 1.165) is 10.9 Å². The molecule has 0 radical (unpaired) electrons. The van der Waals surface area contributed by atoms with Gasteiger partial charge in [0.15, 0.2) is 0 Å². The van der Waals surface area contributed by atoms with E-state index in [0.29, 0.717) is 5.56 Å². The van der Waals surface area contributed by atoms with Crippen LogP contribution in [0.15, 0.2) is 54.6 Å². The van der Waals surface area contributed by atoms with Gasteiger partial charge in [-0.3, -0.25) is 0 Å². The van der Waals surface area contributed by atoms with Crippen molar-refractivity contribution in [3.05, 3.63) is 65.7 Å². The summed E-state index contributed by atoms with van der Waals surface area (Å²) in [6.07, 6.45) is 0. The molecule has 0 unspecified atom stereocenters. The number of hydrogen-bond acceptors (Lipinski definition) is 1. The van der Waals surface area contributed by atoms with E-state index in [1.54, 1.807) is 12.1 Å². The third kappa shape index (κ3) is 3.19. The van der Waals surface area contributed by atoms with Crippen molar-refractivity contribution in [2.45, 2.75) is 5.32 Å². The molecule has 0 bridgehead atoms. The fourth-order valence-corrected chi connectivity index (χ4v) is 3.47. The first-order valence-corrected chi connectivity index (χ1v) is 7.33. The molecule has 2 aromatic rings. The average molecular weight is 291 g/mol. The molecule has 0 spiro atoms. The number of carbonyl (C=O) groups is 1. The molecule has 0 saturated heterocycles. The van der Waals surface area contributed by atoms with E-state index in [1.807, 2.05) is 30.3 Å². The first kappa shape index (κ1) is 11.9. The molecule has 0 heterocycles. The van der Waals surface area contributed by atoms with E-state index >= 15 is 0 Å². The van der Waals surface area contributed by atoms with Crippen molar-refractivity contribution in [3.8, 4) is 0 Å². The monoisotopic (exact) mass is 292 g/mol. The molecule has 17 heavy (non-hydrogen) atoms. The van der Waals surface area contributed by atoms with Gasteiger partial charge in [0.2, 0.25) is 0 Å². The molecule has 0 fully saturated rings. The van der Waals surface area contributed by atoms with Gasteiger partial charge in [0.05, 0.1) is 0 Å². The Morgan fingerprint density at radius 3 is 2.35 bits per heavy atom. The van der Waals surface area contributed by atoms with E-state index < -0.39 is 5.97 Å². The molecule has 2 nitrogen and oxygen atoms in total. The number of rotatable bonds is 4. The predicted octanol–water partition coefficient (Wildman–Crippen LogP) is 1.91. The third-order valence-corrected chi connectivity index (χ3v) is 4.61. The van der Waals surface area contributed by atoms with Gasteiger partial charge in [0.1, 0.15) is 0 Å². The summed E-state index contributed by atoms with van der Waals surface area (Å²) < 4.78 is 1.29. The van der Waals surface area contributed by atoms with Crippen LogP contribution < -0.4 is 4.46 Å². The number of hydrogen-bond donors (Lipinski definition) is 1. The molecular weight excluding hydrogens is 279 g/mol. The second-order valence-corrected chi connectivity index (χ2v) is 5.76. The van der Waals surface area contributed by atoms with Gasteiger partial charge in [-0.15, -0.1) is 0 Å². The zero-order chi connectivity index (χ0) is 12.1. The minimum atomic E-state index is -0.843. The van der Waals surface area contributed by atoms with Crippen LogP contribution in [-0.4, -0.2) is 26.0 Å². The molecule has 86 valence electrons. The number of carboxylic acid groups (broad SMARTS) is 1. The number of aromatic carboxylic acids is 1. The van der Waals surface area contributed by atoms with Crippen molar-refractivity contribution >= 4 is 25.4 Å². The molecule has 0 atom stereocenters. The standard InChI is InChI=1S/C14H12O2Se/c15-14(16)13-9-5-4-6-11(13)10-17-12-7-2-1-3-8-12/h1-9H,10H2,(H,15,16). The van der Waals surface area contributed by atoms with Crippen molar-refractivity contribution in [3.63, 3.8) is 0 Å². The summed E-state index contributed by atoms with van der Waals surface area (Å²) in [5, 5.41) is 9.89. The Hall–Kier alpha value is -1.57. The Morgan fingerprint density at radius 1 is 1.00 bits per heavy atom. The molecule has 2 aromatic carbocycles. The first-order valence-electron chi connectivity index (χ1n) is 5.26. The quantitative estimate of drug-likeness (QED) is 0.874. The van der Waals surface area contributed by atoms with Gasteiger partial charge < -0.3 is 0 Å². The van der Waals surface area contributed by atoms with Crippen molar-refractivity contribution in [2.75, 3.05) is 0 Å². The maximum atomic E-state index is 11.0. The Bertz CT molecular complexity index is 509. The Balaban J connectivity index is 2.12. The Labute approximate surface area is 106 Å². The molecule has 0 saturated carbocycles. The van der Waals surface area contributed by atoms with Crippen LogP contribution in [0.3, 0.4) is 0 Å². The first-order chi connectivity index (χ1) is 8.27. The van der Waals surface area contributed by atoms with Crippen LogP contribution in [0.1, 0.15) is 15.9 Å². The van der Waals surface area contributed by atoms with Crippen molar-refractivity contribution in [1.29, 1.82) is 0 Å². The van der Waals surface area contributed by atoms with Crippen LogP contribution >= 0.6 is 0 Å². The second-order valence-electron chi connectivity index (χ2n) is 3.56. The van der Waals surface area contributed by atoms with Crippen LogP contribution in [0.2, 0.25) is 0 Å². The molecule has 2 rings (SSSR count). The van der Waals surface area contributed by atoms with Crippen LogP contribution in [0, 0.1) is 0 Å². The zero-order valence-corrected chi connectivity index (χ0v) is 10.9. The fourth-order valence-electron chi connectivity index (χ4n) is 1.53. The van der Waals surface area contributed by atoms with E-state index in [1.165, 1.54) is 4.46 Å². The number of carboxylic acids is 1. The summed E-state index contributed by atoms with van der Waals surface area (Å²) in [7, 11) is 0. The van der Waals surface area contributed by atoms with Gasteiger partial charge in [0.25, 0.3) is 0 Å². The van der Waals surface area contributed by atoms with E-state index in [-0.39, 0.29) is 15.0 Å². The molecule has 0 aliphatic heterocycles. The predicted molar refractivity (Wildman–Crippen MR) is 68.9 cm³/mol. The van der Waals surface area contributed by atoms with Gasteiger partial charge >= 0.3 is 106 Å². The van der Waals surface area contributed by atoms with Gasteiger partial charge in [0, 0.05) is 0 Å². The zero-order valence-electron chi connectivity index (χ0n) is 9.17. The SMILES string of the molecule is O=C(O)c1ccccc1C[Se]c1ccccc1. The van der Waals surface area contributed by atoms with Crippen LogP contribution in [0.5, 0.6) is 0 Å². The maximum absolute atomic E-state index is 11.0. The molecule has 0 aliphatic carbocycles. The molecule has 0 aromatic heterocycles. The second kappa shape index (κ2) is 5.67. The molecule has 3 heteroatoms. The average Bonchev–Trinajstić information content (AvgIpc) is 2.38. The summed E-state index contributed by atoms with van der Waals surface area (Å²) in [5.41, 5.74) is 1.34. The van der Waals surface area contributed by atoms with Gasteiger partial charge in [-0.25, -0.2) is 0 Å².